The van der Waals surface area contributed by atoms with Crippen LogP contribution in [0.3, 0.4) is 0 Å². The van der Waals surface area contributed by atoms with Crippen LogP contribution in [0.15, 0.2) is 36.4 Å². The Labute approximate surface area is 121 Å². The fourth-order valence-corrected chi connectivity index (χ4v) is 2.22. The Morgan fingerprint density at radius 2 is 1.81 bits per heavy atom. The molecular formula is C16H16F3NO. The first-order valence-electron chi connectivity index (χ1n) is 6.49. The maximum atomic E-state index is 13.8. The zero-order valence-corrected chi connectivity index (χ0v) is 11.8. The van der Waals surface area contributed by atoms with Crippen LogP contribution in [0, 0.1) is 17.5 Å². The van der Waals surface area contributed by atoms with Crippen molar-refractivity contribution in [2.45, 2.75) is 12.5 Å². The zero-order chi connectivity index (χ0) is 15.4. The van der Waals surface area contributed by atoms with E-state index in [1.807, 2.05) is 0 Å². The number of methoxy groups -OCH3 is 1. The average Bonchev–Trinajstić information content (AvgIpc) is 2.47. The highest BCUT2D eigenvalue weighted by Crippen LogP contribution is 2.24. The average molecular weight is 295 g/mol. The Morgan fingerprint density at radius 1 is 1.05 bits per heavy atom. The fraction of sp³-hybridized carbons (Fsp3) is 0.250. The van der Waals surface area contributed by atoms with E-state index in [0.717, 1.165) is 18.2 Å². The lowest BCUT2D eigenvalue weighted by molar-refractivity contribution is 0.386. The first kappa shape index (κ1) is 15.4. The predicted molar refractivity (Wildman–Crippen MR) is 74.8 cm³/mol. The number of halogens is 3. The van der Waals surface area contributed by atoms with Crippen molar-refractivity contribution in [2.75, 3.05) is 14.2 Å². The van der Waals surface area contributed by atoms with Crippen LogP contribution in [0.4, 0.5) is 13.2 Å². The predicted octanol–water partition coefficient (Wildman–Crippen LogP) is 3.62. The molecule has 0 aliphatic carbocycles. The summed E-state index contributed by atoms with van der Waals surface area (Å²) in [6.07, 6.45) is 0.331. The van der Waals surface area contributed by atoms with Crippen molar-refractivity contribution in [3.8, 4) is 5.75 Å². The maximum Gasteiger partial charge on any atom is 0.165 e. The van der Waals surface area contributed by atoms with E-state index >= 15 is 0 Å². The molecule has 0 heterocycles. The summed E-state index contributed by atoms with van der Waals surface area (Å²) in [5.41, 5.74) is 0.880. The molecule has 1 N–H and O–H groups in total. The van der Waals surface area contributed by atoms with E-state index in [0.29, 0.717) is 12.0 Å². The standard InChI is InChI=1S/C16H16F3NO/c1-20-15(12-9-11(17)4-5-13(12)18)8-10-3-6-16(21-2)14(19)7-10/h3-7,9,15,20H,8H2,1-2H3. The summed E-state index contributed by atoms with van der Waals surface area (Å²) in [6.45, 7) is 0. The topological polar surface area (TPSA) is 21.3 Å². The first-order valence-corrected chi connectivity index (χ1v) is 6.49. The second kappa shape index (κ2) is 6.63. The quantitative estimate of drug-likeness (QED) is 0.909. The number of hydrogen-bond acceptors (Lipinski definition) is 2. The van der Waals surface area contributed by atoms with E-state index in [1.165, 1.54) is 19.2 Å². The van der Waals surface area contributed by atoms with E-state index in [2.05, 4.69) is 5.32 Å². The van der Waals surface area contributed by atoms with Gasteiger partial charge >= 0.3 is 0 Å². The van der Waals surface area contributed by atoms with Gasteiger partial charge in [-0.25, -0.2) is 13.2 Å². The van der Waals surface area contributed by atoms with Crippen LogP contribution < -0.4 is 10.1 Å². The lowest BCUT2D eigenvalue weighted by Crippen LogP contribution is -2.20. The van der Waals surface area contributed by atoms with Crippen LogP contribution in [0.1, 0.15) is 17.2 Å². The number of likely N-dealkylation sites (N-methyl/N-ethyl adjacent to an activating group) is 1. The molecule has 2 aromatic rings. The van der Waals surface area contributed by atoms with Gasteiger partial charge in [0.25, 0.3) is 0 Å². The van der Waals surface area contributed by atoms with Crippen LogP contribution in [0.5, 0.6) is 5.75 Å². The number of benzene rings is 2. The highest BCUT2D eigenvalue weighted by atomic mass is 19.1. The van der Waals surface area contributed by atoms with Gasteiger partial charge in [0.05, 0.1) is 7.11 Å². The van der Waals surface area contributed by atoms with E-state index in [1.54, 1.807) is 13.1 Å². The van der Waals surface area contributed by atoms with Crippen molar-refractivity contribution in [2.24, 2.45) is 0 Å². The van der Waals surface area contributed by atoms with E-state index in [-0.39, 0.29) is 11.3 Å². The lowest BCUT2D eigenvalue weighted by atomic mass is 9.98. The molecule has 0 amide bonds. The maximum absolute atomic E-state index is 13.8. The molecule has 2 aromatic carbocycles. The molecule has 0 aromatic heterocycles. The molecule has 0 saturated carbocycles. The lowest BCUT2D eigenvalue weighted by Gasteiger charge is -2.18. The molecule has 0 radical (unpaired) electrons. The minimum Gasteiger partial charge on any atom is -0.494 e. The van der Waals surface area contributed by atoms with Gasteiger partial charge in [-0.3, -0.25) is 0 Å². The fourth-order valence-electron chi connectivity index (χ4n) is 2.22. The molecule has 1 atom stereocenters. The van der Waals surface area contributed by atoms with Crippen LogP contribution in [0.25, 0.3) is 0 Å². The molecule has 1 unspecified atom stereocenters. The molecule has 2 rings (SSSR count). The van der Waals surface area contributed by atoms with Crippen LogP contribution in [0.2, 0.25) is 0 Å². The zero-order valence-electron chi connectivity index (χ0n) is 11.8. The Morgan fingerprint density at radius 3 is 2.43 bits per heavy atom. The van der Waals surface area contributed by atoms with Gasteiger partial charge in [0.2, 0.25) is 0 Å². The minimum atomic E-state index is -0.507. The second-order valence-electron chi connectivity index (χ2n) is 4.68. The van der Waals surface area contributed by atoms with Gasteiger partial charge in [0.1, 0.15) is 11.6 Å². The molecular weight excluding hydrogens is 279 g/mol. The van der Waals surface area contributed by atoms with Gasteiger partial charge in [-0.05, 0) is 49.4 Å². The summed E-state index contributed by atoms with van der Waals surface area (Å²) < 4.78 is 45.6. The Balaban J connectivity index is 2.26. The first-order chi connectivity index (χ1) is 10.0. The summed E-state index contributed by atoms with van der Waals surface area (Å²) in [6, 6.07) is 7.40. The molecule has 0 saturated heterocycles. The van der Waals surface area contributed by atoms with Gasteiger partial charge in [0, 0.05) is 11.6 Å². The van der Waals surface area contributed by atoms with Crippen LogP contribution in [-0.2, 0) is 6.42 Å². The summed E-state index contributed by atoms with van der Waals surface area (Å²) in [7, 11) is 3.03. The van der Waals surface area contributed by atoms with Gasteiger partial charge in [-0.1, -0.05) is 6.07 Å². The second-order valence-corrected chi connectivity index (χ2v) is 4.68. The van der Waals surface area contributed by atoms with Crippen molar-refractivity contribution >= 4 is 0 Å². The van der Waals surface area contributed by atoms with E-state index in [4.69, 9.17) is 4.74 Å². The molecule has 0 bridgehead atoms. The summed E-state index contributed by atoms with van der Waals surface area (Å²) in [4.78, 5) is 0. The number of nitrogens with one attached hydrogen (secondary N) is 1. The highest BCUT2D eigenvalue weighted by molar-refractivity contribution is 5.31. The Hall–Kier alpha value is -2.01. The summed E-state index contributed by atoms with van der Waals surface area (Å²) in [5.74, 6) is -1.33. The van der Waals surface area contributed by atoms with Gasteiger partial charge in [-0.2, -0.15) is 0 Å². The third kappa shape index (κ3) is 3.55. The van der Waals surface area contributed by atoms with Gasteiger partial charge in [0.15, 0.2) is 11.6 Å². The monoisotopic (exact) mass is 295 g/mol. The third-order valence-corrected chi connectivity index (χ3v) is 3.34. The van der Waals surface area contributed by atoms with Crippen molar-refractivity contribution < 1.29 is 17.9 Å². The number of ether oxygens (including phenoxy) is 1. The third-order valence-electron chi connectivity index (χ3n) is 3.34. The Bertz CT molecular complexity index is 631. The van der Waals surface area contributed by atoms with E-state index < -0.39 is 23.5 Å². The summed E-state index contributed by atoms with van der Waals surface area (Å²) in [5, 5.41) is 2.92. The molecule has 112 valence electrons. The number of hydrogen-bond donors (Lipinski definition) is 1. The Kier molecular flexibility index (Phi) is 4.85. The minimum absolute atomic E-state index is 0.150. The van der Waals surface area contributed by atoms with Crippen LogP contribution in [-0.4, -0.2) is 14.2 Å². The van der Waals surface area contributed by atoms with E-state index in [9.17, 15) is 13.2 Å². The van der Waals surface area contributed by atoms with Gasteiger partial charge < -0.3 is 10.1 Å². The van der Waals surface area contributed by atoms with Gasteiger partial charge in [-0.15, -0.1) is 0 Å². The van der Waals surface area contributed by atoms with Crippen molar-refractivity contribution in [1.29, 1.82) is 0 Å². The molecule has 0 aliphatic heterocycles. The molecule has 0 spiro atoms. The molecule has 2 nitrogen and oxygen atoms in total. The van der Waals surface area contributed by atoms with Crippen molar-refractivity contribution in [3.05, 3.63) is 65.0 Å². The normalized spacial score (nSPS) is 12.2. The highest BCUT2D eigenvalue weighted by Gasteiger charge is 2.16. The van der Waals surface area contributed by atoms with Crippen molar-refractivity contribution in [1.82, 2.24) is 5.32 Å². The van der Waals surface area contributed by atoms with Crippen molar-refractivity contribution in [3.63, 3.8) is 0 Å². The number of rotatable bonds is 5. The SMILES string of the molecule is CNC(Cc1ccc(OC)c(F)c1)c1cc(F)ccc1F. The smallest absolute Gasteiger partial charge is 0.165 e. The molecule has 0 fully saturated rings. The van der Waals surface area contributed by atoms with Crippen LogP contribution >= 0.6 is 0 Å². The summed E-state index contributed by atoms with van der Waals surface area (Å²) >= 11 is 0. The molecule has 21 heavy (non-hydrogen) atoms. The molecule has 5 heteroatoms. The largest absolute Gasteiger partial charge is 0.494 e. The molecule has 0 aliphatic rings.